The number of nitrogens with one attached hydrogen (secondary N) is 3. The molecule has 0 spiro atoms. The molecule has 0 saturated heterocycles. The monoisotopic (exact) mass is 543 g/mol. The summed E-state index contributed by atoms with van der Waals surface area (Å²) in [5.41, 5.74) is 6.50. The molecule has 2 rings (SSSR count). The maximum absolute atomic E-state index is 11.9. The molecule has 1 heterocycles. The van der Waals surface area contributed by atoms with Crippen molar-refractivity contribution in [2.24, 2.45) is 16.6 Å². The van der Waals surface area contributed by atoms with Gasteiger partial charge in [0.25, 0.3) is 5.91 Å². The minimum atomic E-state index is -0.572. The first-order valence-corrected chi connectivity index (χ1v) is 10.6. The van der Waals surface area contributed by atoms with Crippen molar-refractivity contribution < 1.29 is 9.59 Å². The van der Waals surface area contributed by atoms with E-state index in [0.717, 1.165) is 31.0 Å². The van der Waals surface area contributed by atoms with Crippen molar-refractivity contribution in [3.8, 4) is 0 Å². The van der Waals surface area contributed by atoms with E-state index in [1.807, 2.05) is 19.1 Å². The van der Waals surface area contributed by atoms with Crippen LogP contribution in [0.2, 0.25) is 0 Å². The first-order chi connectivity index (χ1) is 14.0. The summed E-state index contributed by atoms with van der Waals surface area (Å²) in [4.78, 5) is 28.7. The largest absolute Gasteiger partial charge is 0.368 e. The number of primary amides is 1. The lowest BCUT2D eigenvalue weighted by atomic mass is 10.1. The molecule has 0 saturated carbocycles. The van der Waals surface area contributed by atoms with Crippen molar-refractivity contribution in [2.75, 3.05) is 19.6 Å². The van der Waals surface area contributed by atoms with Crippen LogP contribution in [-0.2, 0) is 17.8 Å². The fourth-order valence-corrected chi connectivity index (χ4v) is 3.53. The van der Waals surface area contributed by atoms with Crippen LogP contribution >= 0.6 is 35.3 Å². The molecule has 2 aromatic rings. The summed E-state index contributed by atoms with van der Waals surface area (Å²) in [6, 6.07) is 11.4. The van der Waals surface area contributed by atoms with Crippen molar-refractivity contribution in [3.05, 3.63) is 57.8 Å². The van der Waals surface area contributed by atoms with Crippen LogP contribution in [0, 0.1) is 5.92 Å². The first-order valence-electron chi connectivity index (χ1n) is 9.68. The lowest BCUT2D eigenvalue weighted by molar-refractivity contribution is -0.117. The molecule has 1 atom stereocenters. The number of guanidine groups is 1. The summed E-state index contributed by atoms with van der Waals surface area (Å²) >= 11 is 1.79. The third-order valence-corrected chi connectivity index (χ3v) is 5.05. The Morgan fingerprint density at radius 3 is 2.47 bits per heavy atom. The highest BCUT2D eigenvalue weighted by Crippen LogP contribution is 2.13. The number of carbonyl (C=O) groups is 2. The number of hydrogen-bond donors (Lipinski definition) is 4. The van der Waals surface area contributed by atoms with E-state index in [0.29, 0.717) is 18.0 Å². The Bertz CT molecular complexity index is 809. The molecule has 164 valence electrons. The molecule has 0 bridgehead atoms. The van der Waals surface area contributed by atoms with Crippen molar-refractivity contribution >= 4 is 53.1 Å². The van der Waals surface area contributed by atoms with Crippen LogP contribution in [-0.4, -0.2) is 37.4 Å². The van der Waals surface area contributed by atoms with E-state index in [9.17, 15) is 9.59 Å². The van der Waals surface area contributed by atoms with E-state index in [1.165, 1.54) is 4.88 Å². The molecule has 0 aliphatic rings. The molecule has 30 heavy (non-hydrogen) atoms. The smallest absolute Gasteiger partial charge is 0.251 e. The third-order valence-electron chi connectivity index (χ3n) is 4.15. The molecular weight excluding hydrogens is 513 g/mol. The number of amides is 2. The number of nitrogens with two attached hydrogens (primary N) is 1. The summed E-state index contributed by atoms with van der Waals surface area (Å²) in [5.74, 6) is 0.371. The Morgan fingerprint density at radius 2 is 1.87 bits per heavy atom. The molecule has 2 amide bonds. The van der Waals surface area contributed by atoms with Crippen molar-refractivity contribution in [1.29, 1.82) is 0 Å². The van der Waals surface area contributed by atoms with Gasteiger partial charge in [0.05, 0.1) is 13.1 Å². The summed E-state index contributed by atoms with van der Waals surface area (Å²) in [5, 5.41) is 11.2. The summed E-state index contributed by atoms with van der Waals surface area (Å²) < 4.78 is 0. The average molecular weight is 543 g/mol. The first kappa shape index (κ1) is 25.9. The summed E-state index contributed by atoms with van der Waals surface area (Å²) in [6.07, 6.45) is 1.04. The highest BCUT2D eigenvalue weighted by molar-refractivity contribution is 14.0. The number of hydrogen-bond acceptors (Lipinski definition) is 4. The molecule has 1 unspecified atom stereocenters. The van der Waals surface area contributed by atoms with Crippen molar-refractivity contribution in [3.63, 3.8) is 0 Å². The van der Waals surface area contributed by atoms with Gasteiger partial charge in [0, 0.05) is 23.5 Å². The van der Waals surface area contributed by atoms with E-state index in [4.69, 9.17) is 5.73 Å². The van der Waals surface area contributed by atoms with Crippen molar-refractivity contribution in [1.82, 2.24) is 16.0 Å². The lowest BCUT2D eigenvalue weighted by Crippen LogP contribution is -2.39. The van der Waals surface area contributed by atoms with Gasteiger partial charge in [0.15, 0.2) is 5.96 Å². The Kier molecular flexibility index (Phi) is 12.1. The predicted molar refractivity (Wildman–Crippen MR) is 133 cm³/mol. The Morgan fingerprint density at radius 1 is 1.13 bits per heavy atom. The zero-order chi connectivity index (χ0) is 21.1. The standard InChI is InChI=1S/C21H29N5O2S.HI/c1-3-23-21(25-12-15(2)11-18-5-4-10-29-18)26-13-16-6-8-17(9-7-16)20(28)24-14-19(22)27;/h4-10,15H,3,11-14H2,1-2H3,(H2,22,27)(H,24,28)(H2,23,25,26);1H. The van der Waals surface area contributed by atoms with E-state index in [-0.39, 0.29) is 36.4 Å². The number of halogens is 1. The van der Waals surface area contributed by atoms with Crippen LogP contribution in [0.1, 0.15) is 34.6 Å². The quantitative estimate of drug-likeness (QED) is 0.210. The van der Waals surface area contributed by atoms with Gasteiger partial charge in [-0.3, -0.25) is 9.59 Å². The average Bonchev–Trinajstić information content (AvgIpc) is 3.21. The Balaban J connectivity index is 0.00000450. The van der Waals surface area contributed by atoms with Gasteiger partial charge in [-0.15, -0.1) is 35.3 Å². The van der Waals surface area contributed by atoms with Crippen LogP contribution in [0.25, 0.3) is 0 Å². The second-order valence-corrected chi connectivity index (χ2v) is 7.84. The fraction of sp³-hybridized carbons (Fsp3) is 0.381. The molecule has 7 nitrogen and oxygen atoms in total. The van der Waals surface area contributed by atoms with E-state index in [2.05, 4.69) is 45.4 Å². The number of rotatable bonds is 10. The molecule has 5 N–H and O–H groups in total. The van der Waals surface area contributed by atoms with Crippen LogP contribution in [0.4, 0.5) is 0 Å². The van der Waals surface area contributed by atoms with Gasteiger partial charge in [-0.1, -0.05) is 25.1 Å². The molecule has 0 radical (unpaired) electrons. The normalized spacial score (nSPS) is 11.9. The molecule has 9 heteroatoms. The summed E-state index contributed by atoms with van der Waals surface area (Å²) in [6.45, 7) is 6.20. The molecule has 0 fully saturated rings. The zero-order valence-corrected chi connectivity index (χ0v) is 20.5. The van der Waals surface area contributed by atoms with Gasteiger partial charge < -0.3 is 21.7 Å². The number of nitrogens with zero attached hydrogens (tertiary/aromatic N) is 1. The minimum Gasteiger partial charge on any atom is -0.368 e. The van der Waals surface area contributed by atoms with Gasteiger partial charge in [0.2, 0.25) is 5.91 Å². The highest BCUT2D eigenvalue weighted by Gasteiger charge is 2.08. The fourth-order valence-electron chi connectivity index (χ4n) is 2.66. The highest BCUT2D eigenvalue weighted by atomic mass is 127. The predicted octanol–water partition coefficient (Wildman–Crippen LogP) is 2.52. The molecule has 1 aromatic carbocycles. The van der Waals surface area contributed by atoms with E-state index >= 15 is 0 Å². The lowest BCUT2D eigenvalue weighted by Gasteiger charge is -2.15. The Hall–Kier alpha value is -2.14. The van der Waals surface area contributed by atoms with Gasteiger partial charge in [-0.25, -0.2) is 4.99 Å². The number of carbonyl (C=O) groups excluding carboxylic acids is 2. The van der Waals surface area contributed by atoms with Gasteiger partial charge in [-0.05, 0) is 48.4 Å². The van der Waals surface area contributed by atoms with Crippen LogP contribution in [0.5, 0.6) is 0 Å². The minimum absolute atomic E-state index is 0. The number of benzene rings is 1. The maximum atomic E-state index is 11.9. The molecule has 1 aromatic heterocycles. The third kappa shape index (κ3) is 9.57. The second-order valence-electron chi connectivity index (χ2n) is 6.81. The van der Waals surface area contributed by atoms with Crippen LogP contribution in [0.3, 0.4) is 0 Å². The maximum Gasteiger partial charge on any atom is 0.251 e. The zero-order valence-electron chi connectivity index (χ0n) is 17.3. The van der Waals surface area contributed by atoms with Gasteiger partial charge >= 0.3 is 0 Å². The summed E-state index contributed by atoms with van der Waals surface area (Å²) in [7, 11) is 0. The van der Waals surface area contributed by atoms with E-state index < -0.39 is 5.91 Å². The molecule has 0 aliphatic carbocycles. The van der Waals surface area contributed by atoms with Gasteiger partial charge in [0.1, 0.15) is 0 Å². The topological polar surface area (TPSA) is 109 Å². The SMILES string of the molecule is CCNC(=NCc1ccc(C(=O)NCC(N)=O)cc1)NCC(C)Cc1cccs1.I. The van der Waals surface area contributed by atoms with Crippen molar-refractivity contribution in [2.45, 2.75) is 26.8 Å². The van der Waals surface area contributed by atoms with Crippen LogP contribution in [0.15, 0.2) is 46.8 Å². The second kappa shape index (κ2) is 14.0. The number of thiophene rings is 1. The Labute approximate surface area is 198 Å². The van der Waals surface area contributed by atoms with E-state index in [1.54, 1.807) is 23.5 Å². The number of aliphatic imine (C=N–C) groups is 1. The molecular formula is C21H30IN5O2S. The molecule has 0 aliphatic heterocycles. The van der Waals surface area contributed by atoms with Crippen LogP contribution < -0.4 is 21.7 Å². The van der Waals surface area contributed by atoms with Gasteiger partial charge in [-0.2, -0.15) is 0 Å².